The van der Waals surface area contributed by atoms with Crippen molar-refractivity contribution in [2.75, 3.05) is 11.1 Å². The van der Waals surface area contributed by atoms with Gasteiger partial charge in [0.1, 0.15) is 0 Å². The normalized spacial score (nSPS) is 10.1. The lowest BCUT2D eigenvalue weighted by Crippen LogP contribution is -2.10. The van der Waals surface area contributed by atoms with Crippen LogP contribution in [0.2, 0.25) is 0 Å². The molecule has 1 heterocycles. The van der Waals surface area contributed by atoms with Crippen molar-refractivity contribution in [3.63, 3.8) is 0 Å². The van der Waals surface area contributed by atoms with Gasteiger partial charge in [-0.1, -0.05) is 0 Å². The van der Waals surface area contributed by atoms with E-state index in [2.05, 4.69) is 15.3 Å². The van der Waals surface area contributed by atoms with Crippen LogP contribution in [0, 0.1) is 6.92 Å². The lowest BCUT2D eigenvalue weighted by atomic mass is 10.3. The Kier molecular flexibility index (Phi) is 2.59. The summed E-state index contributed by atoms with van der Waals surface area (Å²) >= 11 is 0. The van der Waals surface area contributed by atoms with E-state index in [1.54, 1.807) is 19.1 Å². The number of nitrogens with two attached hydrogens (primary N) is 1. The molecule has 16 heavy (non-hydrogen) atoms. The number of hydrogen-bond acceptors (Lipinski definition) is 4. The van der Waals surface area contributed by atoms with Crippen LogP contribution in [0.1, 0.15) is 5.69 Å². The summed E-state index contributed by atoms with van der Waals surface area (Å²) in [6.45, 7) is 1.77. The highest BCUT2D eigenvalue weighted by atomic mass is 16.1. The first kappa shape index (κ1) is 10.2. The largest absolute Gasteiger partial charge is 0.399 e. The van der Waals surface area contributed by atoms with Gasteiger partial charge >= 0.3 is 0 Å². The van der Waals surface area contributed by atoms with E-state index in [4.69, 9.17) is 5.73 Å². The molecule has 1 aromatic heterocycles. The van der Waals surface area contributed by atoms with Crippen LogP contribution in [0.25, 0.3) is 0 Å². The number of hydrogen-bond donors (Lipinski definition) is 3. The molecule has 5 heteroatoms. The van der Waals surface area contributed by atoms with Gasteiger partial charge in [0.25, 0.3) is 5.56 Å². The highest BCUT2D eigenvalue weighted by molar-refractivity contribution is 5.56. The summed E-state index contributed by atoms with van der Waals surface area (Å²) in [6, 6.07) is 8.62. The second-order valence-electron chi connectivity index (χ2n) is 3.48. The number of nitrogens with zero attached hydrogens (tertiary/aromatic N) is 1. The van der Waals surface area contributed by atoms with Gasteiger partial charge in [-0.15, -0.1) is 0 Å². The molecule has 0 aliphatic carbocycles. The van der Waals surface area contributed by atoms with E-state index in [9.17, 15) is 4.79 Å². The quantitative estimate of drug-likeness (QED) is 0.662. The Morgan fingerprint density at radius 2 is 2.00 bits per heavy atom. The first-order chi connectivity index (χ1) is 7.63. The Bertz CT molecular complexity index is 545. The Hall–Kier alpha value is -2.30. The molecule has 0 aliphatic rings. The molecule has 1 aromatic carbocycles. The van der Waals surface area contributed by atoms with Crippen molar-refractivity contribution in [3.05, 3.63) is 46.4 Å². The molecule has 0 radical (unpaired) electrons. The van der Waals surface area contributed by atoms with Gasteiger partial charge in [0.05, 0.1) is 0 Å². The molecule has 2 rings (SSSR count). The second-order valence-corrected chi connectivity index (χ2v) is 3.48. The van der Waals surface area contributed by atoms with Crippen LogP contribution in [0.15, 0.2) is 35.1 Å². The molecule has 0 unspecified atom stereocenters. The zero-order chi connectivity index (χ0) is 11.5. The maximum absolute atomic E-state index is 11.2. The number of aromatic nitrogens is 2. The van der Waals surface area contributed by atoms with Crippen LogP contribution in [0.5, 0.6) is 0 Å². The van der Waals surface area contributed by atoms with E-state index in [1.165, 1.54) is 6.07 Å². The van der Waals surface area contributed by atoms with E-state index >= 15 is 0 Å². The van der Waals surface area contributed by atoms with E-state index in [-0.39, 0.29) is 5.56 Å². The van der Waals surface area contributed by atoms with Gasteiger partial charge in [0.2, 0.25) is 5.95 Å². The number of benzene rings is 1. The molecule has 0 saturated heterocycles. The fourth-order valence-electron chi connectivity index (χ4n) is 1.34. The Labute approximate surface area is 92.3 Å². The standard InChI is InChI=1S/C11H12N4O/c1-7-6-10(16)15-11(13-7)14-9-4-2-8(12)3-5-9/h2-6H,12H2,1H3,(H2,13,14,15,16). The van der Waals surface area contributed by atoms with Gasteiger partial charge < -0.3 is 11.1 Å². The third-order valence-electron chi connectivity index (χ3n) is 2.04. The predicted molar refractivity (Wildman–Crippen MR) is 63.7 cm³/mol. The van der Waals surface area contributed by atoms with Crippen molar-refractivity contribution < 1.29 is 0 Å². The van der Waals surface area contributed by atoms with Gasteiger partial charge in [-0.25, -0.2) is 4.98 Å². The van der Waals surface area contributed by atoms with Crippen LogP contribution in [0.4, 0.5) is 17.3 Å². The minimum atomic E-state index is -0.176. The number of anilines is 3. The molecule has 0 saturated carbocycles. The molecule has 0 fully saturated rings. The predicted octanol–water partition coefficient (Wildman–Crippen LogP) is 1.40. The Morgan fingerprint density at radius 3 is 2.62 bits per heavy atom. The van der Waals surface area contributed by atoms with Crippen LogP contribution in [-0.4, -0.2) is 9.97 Å². The Balaban J connectivity index is 2.26. The lowest BCUT2D eigenvalue weighted by Gasteiger charge is -2.05. The monoisotopic (exact) mass is 216 g/mol. The van der Waals surface area contributed by atoms with Crippen molar-refractivity contribution in [1.82, 2.24) is 9.97 Å². The second kappa shape index (κ2) is 4.06. The SMILES string of the molecule is Cc1cc(=O)[nH]c(Nc2ccc(N)cc2)n1. The van der Waals surface area contributed by atoms with Gasteiger partial charge in [-0.2, -0.15) is 0 Å². The topological polar surface area (TPSA) is 83.8 Å². The summed E-state index contributed by atoms with van der Waals surface area (Å²) in [5, 5.41) is 2.99. The molecular formula is C11H12N4O. The third-order valence-corrected chi connectivity index (χ3v) is 2.04. The molecule has 0 atom stereocenters. The molecular weight excluding hydrogens is 204 g/mol. The summed E-state index contributed by atoms with van der Waals surface area (Å²) in [5.41, 5.74) is 7.57. The van der Waals surface area contributed by atoms with Crippen molar-refractivity contribution in [2.45, 2.75) is 6.92 Å². The number of aromatic amines is 1. The van der Waals surface area contributed by atoms with Crippen molar-refractivity contribution in [1.29, 1.82) is 0 Å². The number of rotatable bonds is 2. The zero-order valence-electron chi connectivity index (χ0n) is 8.82. The summed E-state index contributed by atoms with van der Waals surface area (Å²) in [4.78, 5) is 18.0. The molecule has 5 nitrogen and oxygen atoms in total. The van der Waals surface area contributed by atoms with Crippen LogP contribution < -0.4 is 16.6 Å². The van der Waals surface area contributed by atoms with E-state index < -0.39 is 0 Å². The number of H-pyrrole nitrogens is 1. The number of nitrogens with one attached hydrogen (secondary N) is 2. The van der Waals surface area contributed by atoms with Gasteiger partial charge in [-0.05, 0) is 31.2 Å². The van der Waals surface area contributed by atoms with Gasteiger partial charge in [-0.3, -0.25) is 9.78 Å². The summed E-state index contributed by atoms with van der Waals surface area (Å²) < 4.78 is 0. The van der Waals surface area contributed by atoms with Crippen LogP contribution in [-0.2, 0) is 0 Å². The fraction of sp³-hybridized carbons (Fsp3) is 0.0909. The highest BCUT2D eigenvalue weighted by Gasteiger charge is 1.98. The van der Waals surface area contributed by atoms with Crippen LogP contribution >= 0.6 is 0 Å². The first-order valence-corrected chi connectivity index (χ1v) is 4.84. The lowest BCUT2D eigenvalue weighted by molar-refractivity contribution is 1.07. The average Bonchev–Trinajstić information content (AvgIpc) is 2.20. The molecule has 0 aliphatic heterocycles. The van der Waals surface area contributed by atoms with Crippen molar-refractivity contribution in [3.8, 4) is 0 Å². The maximum Gasteiger partial charge on any atom is 0.252 e. The Morgan fingerprint density at radius 1 is 1.31 bits per heavy atom. The number of aryl methyl sites for hydroxylation is 1. The molecule has 2 aromatic rings. The molecule has 0 bridgehead atoms. The molecule has 0 spiro atoms. The molecule has 0 amide bonds. The maximum atomic E-state index is 11.2. The van der Waals surface area contributed by atoms with E-state index in [1.807, 2.05) is 12.1 Å². The smallest absolute Gasteiger partial charge is 0.252 e. The summed E-state index contributed by atoms with van der Waals surface area (Å²) in [7, 11) is 0. The van der Waals surface area contributed by atoms with Gasteiger partial charge in [0.15, 0.2) is 0 Å². The fourth-order valence-corrected chi connectivity index (χ4v) is 1.34. The molecule has 82 valence electrons. The third kappa shape index (κ3) is 2.38. The van der Waals surface area contributed by atoms with E-state index in [0.29, 0.717) is 17.3 Å². The van der Waals surface area contributed by atoms with E-state index in [0.717, 1.165) is 5.69 Å². The summed E-state index contributed by atoms with van der Waals surface area (Å²) in [6.07, 6.45) is 0. The summed E-state index contributed by atoms with van der Waals surface area (Å²) in [5.74, 6) is 0.426. The minimum Gasteiger partial charge on any atom is -0.399 e. The average molecular weight is 216 g/mol. The first-order valence-electron chi connectivity index (χ1n) is 4.84. The van der Waals surface area contributed by atoms with Gasteiger partial charge in [0, 0.05) is 23.1 Å². The number of nitrogen functional groups attached to an aromatic ring is 1. The van der Waals surface area contributed by atoms with Crippen molar-refractivity contribution in [2.24, 2.45) is 0 Å². The molecule has 4 N–H and O–H groups in total. The highest BCUT2D eigenvalue weighted by Crippen LogP contribution is 2.13. The zero-order valence-corrected chi connectivity index (χ0v) is 8.82. The van der Waals surface area contributed by atoms with Crippen molar-refractivity contribution >= 4 is 17.3 Å². The minimum absolute atomic E-state index is 0.176. The van der Waals surface area contributed by atoms with Crippen LogP contribution in [0.3, 0.4) is 0 Å².